The number of aliphatic hydroxyl groups is 3. The summed E-state index contributed by atoms with van der Waals surface area (Å²) in [7, 11) is 0. The van der Waals surface area contributed by atoms with Gasteiger partial charge in [-0.3, -0.25) is 14.4 Å². The van der Waals surface area contributed by atoms with Crippen molar-refractivity contribution in [3.8, 4) is 0 Å². The van der Waals surface area contributed by atoms with Gasteiger partial charge in [-0.15, -0.1) is 0 Å². The predicted octanol–water partition coefficient (Wildman–Crippen LogP) is 4.58. The third-order valence-electron chi connectivity index (χ3n) is 7.54. The molecule has 0 aromatic carbocycles. The van der Waals surface area contributed by atoms with E-state index in [2.05, 4.69) is 0 Å². The largest absolute Gasteiger partial charge is 0.462 e. The van der Waals surface area contributed by atoms with Gasteiger partial charge in [0.25, 0.3) is 0 Å². The first kappa shape index (κ1) is 36.5. The van der Waals surface area contributed by atoms with E-state index >= 15 is 0 Å². The maximum atomic E-state index is 12.9. The minimum absolute atomic E-state index is 0.0169. The fourth-order valence-electron chi connectivity index (χ4n) is 5.04. The van der Waals surface area contributed by atoms with Gasteiger partial charge in [-0.2, -0.15) is 0 Å². The van der Waals surface area contributed by atoms with Crippen LogP contribution in [-0.2, 0) is 28.6 Å². The Kier molecular flexibility index (Phi) is 15.6. The first-order valence-corrected chi connectivity index (χ1v) is 14.7. The number of esters is 3. The summed E-state index contributed by atoms with van der Waals surface area (Å²) in [6.45, 7) is 13.6. The van der Waals surface area contributed by atoms with Crippen molar-refractivity contribution in [3.05, 3.63) is 36.0 Å². The van der Waals surface area contributed by atoms with Crippen LogP contribution in [0.15, 0.2) is 36.0 Å². The van der Waals surface area contributed by atoms with E-state index in [1.165, 1.54) is 13.8 Å². The molecule has 9 nitrogen and oxygen atoms in total. The molecule has 0 bridgehead atoms. The second-order valence-corrected chi connectivity index (χ2v) is 11.9. The molecular weight excluding hydrogens is 528 g/mol. The van der Waals surface area contributed by atoms with Crippen molar-refractivity contribution in [2.24, 2.45) is 17.8 Å². The Labute approximate surface area is 245 Å². The van der Waals surface area contributed by atoms with Gasteiger partial charge in [0.1, 0.15) is 23.9 Å². The Morgan fingerprint density at radius 3 is 2.34 bits per heavy atom. The highest BCUT2D eigenvalue weighted by Gasteiger charge is 2.36. The molecule has 0 aromatic rings. The van der Waals surface area contributed by atoms with E-state index in [9.17, 15) is 29.7 Å². The number of ether oxygens (including phenoxy) is 3. The number of cyclic esters (lactones) is 1. The molecule has 1 aliphatic heterocycles. The number of hydrogen-bond acceptors (Lipinski definition) is 9. The van der Waals surface area contributed by atoms with Gasteiger partial charge in [-0.05, 0) is 69.4 Å². The van der Waals surface area contributed by atoms with Crippen molar-refractivity contribution >= 4 is 17.9 Å². The van der Waals surface area contributed by atoms with E-state index < -0.39 is 54.0 Å². The lowest BCUT2D eigenvalue weighted by Crippen LogP contribution is -2.42. The minimum atomic E-state index is -1.46. The molecule has 9 heteroatoms. The summed E-state index contributed by atoms with van der Waals surface area (Å²) < 4.78 is 16.6. The summed E-state index contributed by atoms with van der Waals surface area (Å²) in [6.07, 6.45) is 7.53. The zero-order valence-corrected chi connectivity index (χ0v) is 26.0. The van der Waals surface area contributed by atoms with Gasteiger partial charge in [0.2, 0.25) is 0 Å². The van der Waals surface area contributed by atoms with Crippen LogP contribution in [0.25, 0.3) is 0 Å². The molecule has 0 saturated heterocycles. The second kappa shape index (κ2) is 17.5. The fourth-order valence-corrected chi connectivity index (χ4v) is 5.04. The molecule has 0 amide bonds. The van der Waals surface area contributed by atoms with Gasteiger partial charge in [0.15, 0.2) is 0 Å². The van der Waals surface area contributed by atoms with Crippen LogP contribution in [-0.4, -0.2) is 69.3 Å². The van der Waals surface area contributed by atoms with Gasteiger partial charge < -0.3 is 29.5 Å². The summed E-state index contributed by atoms with van der Waals surface area (Å²) >= 11 is 0. The van der Waals surface area contributed by atoms with Crippen LogP contribution in [0.1, 0.15) is 93.9 Å². The zero-order valence-electron chi connectivity index (χ0n) is 26.0. The van der Waals surface area contributed by atoms with Gasteiger partial charge in [-0.25, -0.2) is 0 Å². The average molecular weight is 581 g/mol. The SMILES string of the molecule is CCC(O)C(C)CC(O)CC(C)/C=C/C=C(\C)C1OC(=O)CC(OC(C)=O)CCC(C)(O)C(OC(C)=O)/C=C/C1C. The van der Waals surface area contributed by atoms with Crippen LogP contribution in [0.5, 0.6) is 0 Å². The lowest BCUT2D eigenvalue weighted by atomic mass is 9.88. The molecule has 3 N–H and O–H groups in total. The van der Waals surface area contributed by atoms with Crippen molar-refractivity contribution in [3.63, 3.8) is 0 Å². The first-order chi connectivity index (χ1) is 19.0. The number of carbonyl (C=O) groups is 3. The van der Waals surface area contributed by atoms with E-state index in [4.69, 9.17) is 14.2 Å². The molecule has 9 atom stereocenters. The van der Waals surface area contributed by atoms with Gasteiger partial charge in [-0.1, -0.05) is 52.0 Å². The molecule has 9 unspecified atom stereocenters. The Morgan fingerprint density at radius 1 is 1.12 bits per heavy atom. The van der Waals surface area contributed by atoms with Crippen molar-refractivity contribution in [1.82, 2.24) is 0 Å². The van der Waals surface area contributed by atoms with E-state index in [0.29, 0.717) is 19.3 Å². The Bertz CT molecular complexity index is 935. The highest BCUT2D eigenvalue weighted by Crippen LogP contribution is 2.28. The number of rotatable bonds is 11. The van der Waals surface area contributed by atoms with Crippen LogP contribution in [0.2, 0.25) is 0 Å². The highest BCUT2D eigenvalue weighted by atomic mass is 16.6. The number of hydrogen-bond donors (Lipinski definition) is 3. The van der Waals surface area contributed by atoms with Crippen LogP contribution < -0.4 is 0 Å². The van der Waals surface area contributed by atoms with Crippen LogP contribution in [0, 0.1) is 17.8 Å². The standard InChI is InChI=1S/C32H52O9/c1-9-28(36)23(5)18-26(35)17-20(2)11-10-12-21(3)31-22(4)13-14-29(40-25(7)34)32(8,38)16-15-27(39-24(6)33)19-30(37)41-31/h10-14,20,22-23,26-29,31,35-36,38H,9,15-19H2,1-8H3/b11-10+,14-13+,21-12+. The van der Waals surface area contributed by atoms with Gasteiger partial charge >= 0.3 is 17.9 Å². The fraction of sp³-hybridized carbons (Fsp3) is 0.719. The lowest BCUT2D eigenvalue weighted by Gasteiger charge is -2.33. The third kappa shape index (κ3) is 13.8. The maximum Gasteiger partial charge on any atom is 0.310 e. The zero-order chi connectivity index (χ0) is 31.3. The van der Waals surface area contributed by atoms with Gasteiger partial charge in [0.05, 0.1) is 18.6 Å². The maximum absolute atomic E-state index is 12.9. The molecule has 41 heavy (non-hydrogen) atoms. The third-order valence-corrected chi connectivity index (χ3v) is 7.54. The van der Waals surface area contributed by atoms with E-state index in [1.807, 2.05) is 52.8 Å². The lowest BCUT2D eigenvalue weighted by molar-refractivity contribution is -0.160. The predicted molar refractivity (Wildman–Crippen MR) is 157 cm³/mol. The first-order valence-electron chi connectivity index (χ1n) is 14.7. The van der Waals surface area contributed by atoms with Crippen LogP contribution in [0.3, 0.4) is 0 Å². The number of aliphatic hydroxyl groups excluding tert-OH is 2. The number of allylic oxidation sites excluding steroid dienone is 3. The second-order valence-electron chi connectivity index (χ2n) is 11.9. The summed E-state index contributed by atoms with van der Waals surface area (Å²) in [5.41, 5.74) is -0.698. The molecule has 0 saturated carbocycles. The molecule has 0 aromatic heterocycles. The topological polar surface area (TPSA) is 140 Å². The minimum Gasteiger partial charge on any atom is -0.462 e. The molecule has 1 rings (SSSR count). The molecule has 234 valence electrons. The van der Waals surface area contributed by atoms with E-state index in [-0.39, 0.29) is 37.0 Å². The van der Waals surface area contributed by atoms with Crippen molar-refractivity contribution in [1.29, 1.82) is 0 Å². The molecule has 0 radical (unpaired) electrons. The summed E-state index contributed by atoms with van der Waals surface area (Å²) in [6, 6.07) is 0. The molecule has 1 heterocycles. The summed E-state index contributed by atoms with van der Waals surface area (Å²) in [5, 5.41) is 31.6. The molecule has 0 spiro atoms. The summed E-state index contributed by atoms with van der Waals surface area (Å²) in [5.74, 6) is -1.87. The molecule has 1 aliphatic rings. The molecule has 0 aliphatic carbocycles. The smallest absolute Gasteiger partial charge is 0.310 e. The molecule has 0 fully saturated rings. The van der Waals surface area contributed by atoms with Crippen LogP contribution >= 0.6 is 0 Å². The van der Waals surface area contributed by atoms with Crippen molar-refractivity contribution < 1.29 is 43.9 Å². The van der Waals surface area contributed by atoms with E-state index in [0.717, 1.165) is 5.57 Å². The normalized spacial score (nSPS) is 30.2. The number of carbonyl (C=O) groups excluding carboxylic acids is 3. The average Bonchev–Trinajstić information content (AvgIpc) is 2.86. The van der Waals surface area contributed by atoms with E-state index in [1.54, 1.807) is 19.1 Å². The monoisotopic (exact) mass is 580 g/mol. The molecular formula is C32H52O9. The quantitative estimate of drug-likeness (QED) is 0.139. The Morgan fingerprint density at radius 2 is 1.76 bits per heavy atom. The van der Waals surface area contributed by atoms with Gasteiger partial charge in [0, 0.05) is 19.8 Å². The van der Waals surface area contributed by atoms with Crippen LogP contribution in [0.4, 0.5) is 0 Å². The highest BCUT2D eigenvalue weighted by molar-refractivity contribution is 5.72. The van der Waals surface area contributed by atoms with Crippen molar-refractivity contribution in [2.75, 3.05) is 0 Å². The Balaban J connectivity index is 3.16. The summed E-state index contributed by atoms with van der Waals surface area (Å²) in [4.78, 5) is 36.4. The Hall–Kier alpha value is -2.49. The van der Waals surface area contributed by atoms with Crippen molar-refractivity contribution in [2.45, 2.75) is 130 Å².